The number of carbonyl (C=O) groups excluding carboxylic acids is 3. The molecule has 1 aromatic heterocycles. The summed E-state index contributed by atoms with van der Waals surface area (Å²) < 4.78 is 60.3. The zero-order valence-electron chi connectivity index (χ0n) is 26.3. The molecule has 0 saturated heterocycles. The zero-order valence-corrected chi connectivity index (χ0v) is 27.8. The molecule has 2 heterocycles. The predicted molar refractivity (Wildman–Crippen MR) is 172 cm³/mol. The van der Waals surface area contributed by atoms with Crippen LogP contribution in [0.4, 0.5) is 28.0 Å². The average Bonchev–Trinajstić information content (AvgIpc) is 3.42. The molecule has 3 amide bonds. The molecule has 0 radical (unpaired) electrons. The third-order valence-corrected chi connectivity index (χ3v) is 7.83. The number of carboxylic acid groups (broad SMARTS) is 1. The lowest BCUT2D eigenvalue weighted by Gasteiger charge is -2.26. The van der Waals surface area contributed by atoms with E-state index in [0.717, 1.165) is 18.7 Å². The largest absolute Gasteiger partial charge is 0.489 e. The number of aromatic nitrogens is 2. The van der Waals surface area contributed by atoms with Crippen molar-refractivity contribution in [3.8, 4) is 5.69 Å². The number of fused-ring (bicyclic) bond motifs is 2. The number of methoxy groups -OCH3 is 1. The van der Waals surface area contributed by atoms with E-state index in [2.05, 4.69) is 25.8 Å². The van der Waals surface area contributed by atoms with Gasteiger partial charge in [0, 0.05) is 25.7 Å². The molecular weight excluding hydrogens is 699 g/mol. The fourth-order valence-corrected chi connectivity index (χ4v) is 5.30. The van der Waals surface area contributed by atoms with Crippen LogP contribution in [0.15, 0.2) is 48.7 Å². The van der Waals surface area contributed by atoms with Gasteiger partial charge >= 0.3 is 12.4 Å². The normalized spacial score (nSPS) is 16.6. The average molecular weight is 734 g/mol. The van der Waals surface area contributed by atoms with Gasteiger partial charge in [0.15, 0.2) is 5.82 Å². The van der Waals surface area contributed by atoms with Crippen LogP contribution in [0.2, 0.25) is 10.2 Å². The molecule has 4 rings (SSSR count). The quantitative estimate of drug-likeness (QED) is 0.169. The number of amides is 3. The van der Waals surface area contributed by atoms with Crippen LogP contribution in [0.5, 0.6) is 0 Å². The molecule has 3 aromatic rings. The first kappa shape index (κ1) is 38.9. The van der Waals surface area contributed by atoms with Crippen molar-refractivity contribution in [3.63, 3.8) is 0 Å². The van der Waals surface area contributed by atoms with E-state index < -0.39 is 59.5 Å². The highest BCUT2D eigenvalue weighted by Gasteiger charge is 2.42. The topological polar surface area (TPSA) is 155 Å². The minimum Gasteiger partial charge on any atom is -0.481 e. The molecule has 1 aliphatic rings. The summed E-state index contributed by atoms with van der Waals surface area (Å²) in [5.41, 5.74) is 1.03. The third kappa shape index (κ3) is 11.0. The van der Waals surface area contributed by atoms with E-state index in [-0.39, 0.29) is 34.4 Å². The molecule has 2 atom stereocenters. The minimum atomic E-state index is -5.00. The number of rotatable bonds is 6. The van der Waals surface area contributed by atoms with Crippen LogP contribution in [-0.2, 0) is 14.3 Å². The molecular formula is C31H34Cl2F4N6O6. The van der Waals surface area contributed by atoms with Gasteiger partial charge in [-0.2, -0.15) is 5.10 Å². The third-order valence-electron chi connectivity index (χ3n) is 7.18. The van der Waals surface area contributed by atoms with Crippen LogP contribution >= 0.6 is 23.2 Å². The Morgan fingerprint density at radius 1 is 1.14 bits per heavy atom. The Labute approximate surface area is 288 Å². The molecule has 18 heteroatoms. The number of hydrogen-bond donors (Lipinski definition) is 4. The van der Waals surface area contributed by atoms with Gasteiger partial charge in [0.1, 0.15) is 16.9 Å². The van der Waals surface area contributed by atoms with Gasteiger partial charge in [-0.3, -0.25) is 14.4 Å². The maximum Gasteiger partial charge on any atom is 0.489 e. The molecule has 0 spiro atoms. The lowest BCUT2D eigenvalue weighted by molar-refractivity contribution is -0.229. The molecule has 49 heavy (non-hydrogen) atoms. The van der Waals surface area contributed by atoms with Crippen LogP contribution in [-0.4, -0.2) is 76.2 Å². The predicted octanol–water partition coefficient (Wildman–Crippen LogP) is 6.33. The molecule has 1 aliphatic heterocycles. The lowest BCUT2D eigenvalue weighted by atomic mass is 9.99. The van der Waals surface area contributed by atoms with Crippen LogP contribution in [0.1, 0.15) is 61.0 Å². The SMILES string of the molecule is CC(=O)O.COC(=O)N(CC[C@@H]1Nc2cccc(c2)[C@@H](NC(=O)c2cnn(-c3cccc(Cl)c3F)c2Cl)CCCCCNC1=O)C(F)(F)F. The van der Waals surface area contributed by atoms with Gasteiger partial charge in [0.25, 0.3) is 11.9 Å². The first-order valence-electron chi connectivity index (χ1n) is 14.9. The highest BCUT2D eigenvalue weighted by molar-refractivity contribution is 6.33. The Kier molecular flexibility index (Phi) is 14.1. The molecule has 0 unspecified atom stereocenters. The van der Waals surface area contributed by atoms with Crippen molar-refractivity contribution in [2.24, 2.45) is 0 Å². The van der Waals surface area contributed by atoms with E-state index in [9.17, 15) is 31.9 Å². The summed E-state index contributed by atoms with van der Waals surface area (Å²) in [6.07, 6.45) is -3.30. The molecule has 266 valence electrons. The number of halogens is 6. The summed E-state index contributed by atoms with van der Waals surface area (Å²) in [5.74, 6) is -2.68. The van der Waals surface area contributed by atoms with E-state index in [1.54, 1.807) is 24.3 Å². The maximum atomic E-state index is 14.6. The number of nitrogens with zero attached hydrogens (tertiary/aromatic N) is 3. The van der Waals surface area contributed by atoms with Crippen molar-refractivity contribution in [1.29, 1.82) is 0 Å². The number of alkyl halides is 3. The summed E-state index contributed by atoms with van der Waals surface area (Å²) in [6, 6.07) is 9.40. The molecule has 0 saturated carbocycles. The monoisotopic (exact) mass is 732 g/mol. The lowest BCUT2D eigenvalue weighted by Crippen LogP contribution is -2.47. The van der Waals surface area contributed by atoms with Gasteiger partial charge < -0.3 is 25.8 Å². The summed E-state index contributed by atoms with van der Waals surface area (Å²) in [6.45, 7) is 0.535. The zero-order chi connectivity index (χ0) is 36.3. The second-order valence-electron chi connectivity index (χ2n) is 10.7. The number of anilines is 1. The number of hydrogen-bond acceptors (Lipinski definition) is 7. The number of carbonyl (C=O) groups is 4. The van der Waals surface area contributed by atoms with Gasteiger partial charge in [-0.25, -0.2) is 18.8 Å². The summed E-state index contributed by atoms with van der Waals surface area (Å²) >= 11 is 12.3. The highest BCUT2D eigenvalue weighted by Crippen LogP contribution is 2.29. The van der Waals surface area contributed by atoms with Crippen molar-refractivity contribution >= 4 is 52.8 Å². The second kappa shape index (κ2) is 17.7. The fourth-order valence-electron chi connectivity index (χ4n) is 4.86. The van der Waals surface area contributed by atoms with E-state index in [1.807, 2.05) is 0 Å². The molecule has 0 fully saturated rings. The Balaban J connectivity index is 0.00000154. The van der Waals surface area contributed by atoms with Crippen molar-refractivity contribution < 1.29 is 46.6 Å². The van der Waals surface area contributed by atoms with Crippen LogP contribution in [0.3, 0.4) is 0 Å². The molecule has 2 aromatic carbocycles. The van der Waals surface area contributed by atoms with Crippen LogP contribution in [0.25, 0.3) is 5.69 Å². The number of ether oxygens (including phenoxy) is 1. The van der Waals surface area contributed by atoms with Gasteiger partial charge in [-0.05, 0) is 49.1 Å². The van der Waals surface area contributed by atoms with Gasteiger partial charge in [0.2, 0.25) is 5.91 Å². The van der Waals surface area contributed by atoms with Crippen LogP contribution < -0.4 is 16.0 Å². The van der Waals surface area contributed by atoms with Crippen LogP contribution in [0, 0.1) is 5.82 Å². The molecule has 2 bridgehead atoms. The first-order valence-corrected chi connectivity index (χ1v) is 15.6. The Morgan fingerprint density at radius 3 is 2.51 bits per heavy atom. The Morgan fingerprint density at radius 2 is 1.84 bits per heavy atom. The molecule has 0 aliphatic carbocycles. The molecule has 4 N–H and O–H groups in total. The van der Waals surface area contributed by atoms with Gasteiger partial charge in [-0.1, -0.05) is 54.2 Å². The van der Waals surface area contributed by atoms with Crippen molar-refractivity contribution in [2.75, 3.05) is 25.5 Å². The van der Waals surface area contributed by atoms with E-state index in [1.165, 1.54) is 24.4 Å². The van der Waals surface area contributed by atoms with Gasteiger partial charge in [-0.15, -0.1) is 13.2 Å². The number of carboxylic acids is 1. The number of aliphatic carboxylic acids is 1. The van der Waals surface area contributed by atoms with Crippen molar-refractivity contribution in [1.82, 2.24) is 25.3 Å². The summed E-state index contributed by atoms with van der Waals surface area (Å²) in [7, 11) is 0.838. The van der Waals surface area contributed by atoms with Gasteiger partial charge in [0.05, 0.1) is 29.9 Å². The highest BCUT2D eigenvalue weighted by atomic mass is 35.5. The standard InChI is InChI=1S/C29H30Cl2F4N6O4.C2H4O2/c1-45-28(44)40(29(33,34)35)14-12-22-27(43)36-13-4-2-3-10-21(17-7-5-8-18(15-17)38-22)39-26(42)19-16-37-41(25(19)31)23-11-6-9-20(30)24(23)32;1-2(3)4/h5-9,11,15-16,21-22,38H,2-4,10,12-14H2,1H3,(H,36,43)(H,39,42);1H3,(H,3,4)/t21-,22-;/m0./s1. The Hall–Kier alpha value is -4.57. The number of nitrogens with one attached hydrogen (secondary N) is 3. The maximum absolute atomic E-state index is 14.6. The number of benzene rings is 2. The smallest absolute Gasteiger partial charge is 0.481 e. The van der Waals surface area contributed by atoms with Crippen molar-refractivity contribution in [2.45, 2.75) is 57.4 Å². The summed E-state index contributed by atoms with van der Waals surface area (Å²) in [4.78, 5) is 46.7. The van der Waals surface area contributed by atoms with E-state index in [0.29, 0.717) is 36.9 Å². The molecule has 12 nitrogen and oxygen atoms in total. The van der Waals surface area contributed by atoms with Crippen molar-refractivity contribution in [3.05, 3.63) is 75.8 Å². The fraction of sp³-hybridized carbons (Fsp3) is 0.387. The first-order chi connectivity index (χ1) is 23.1. The summed E-state index contributed by atoms with van der Waals surface area (Å²) in [5, 5.41) is 19.9. The van der Waals surface area contributed by atoms with E-state index in [4.69, 9.17) is 33.1 Å². The minimum absolute atomic E-state index is 0.00271. The Bertz CT molecular complexity index is 1640. The second-order valence-corrected chi connectivity index (χ2v) is 11.5. The van der Waals surface area contributed by atoms with E-state index >= 15 is 0 Å².